The lowest BCUT2D eigenvalue weighted by atomic mass is 10.4. The van der Waals surface area contributed by atoms with Crippen LogP contribution in [0.4, 0.5) is 0 Å². The van der Waals surface area contributed by atoms with Gasteiger partial charge in [0.05, 0.1) is 0 Å². The summed E-state index contributed by atoms with van der Waals surface area (Å²) in [5, 5.41) is 15.1. The second-order valence-corrected chi connectivity index (χ2v) is 3.20. The van der Waals surface area contributed by atoms with Gasteiger partial charge >= 0.3 is 5.97 Å². The summed E-state index contributed by atoms with van der Waals surface area (Å²) in [6.45, 7) is 4.60. The number of carboxylic acid groups (broad SMARTS) is 1. The average molecular weight is 201 g/mol. The molecule has 0 aliphatic carbocycles. The maximum absolute atomic E-state index is 9.60. The zero-order valence-electron chi connectivity index (χ0n) is 9.46. The van der Waals surface area contributed by atoms with Crippen LogP contribution in [0.25, 0.3) is 0 Å². The number of carboxylic acids is 1. The van der Waals surface area contributed by atoms with Crippen molar-refractivity contribution in [2.24, 2.45) is 0 Å². The summed E-state index contributed by atoms with van der Waals surface area (Å²) in [5.74, 6) is -0.417. The van der Waals surface area contributed by atoms with Crippen molar-refractivity contribution in [2.75, 3.05) is 28.2 Å². The van der Waals surface area contributed by atoms with E-state index in [0.717, 1.165) is 0 Å². The van der Waals surface area contributed by atoms with E-state index in [2.05, 4.69) is 6.58 Å². The van der Waals surface area contributed by atoms with Crippen LogP contribution in [0.2, 0.25) is 0 Å². The van der Waals surface area contributed by atoms with Crippen molar-refractivity contribution in [1.82, 2.24) is 9.80 Å². The van der Waals surface area contributed by atoms with Gasteiger partial charge in [0.15, 0.2) is 5.96 Å². The summed E-state index contributed by atoms with van der Waals surface area (Å²) in [4.78, 5) is 13.1. The minimum Gasteiger partial charge on any atom is -0.478 e. The van der Waals surface area contributed by atoms with Gasteiger partial charge in [0.1, 0.15) is 0 Å². The quantitative estimate of drug-likeness (QED) is 0.372. The summed E-state index contributed by atoms with van der Waals surface area (Å²) in [5.41, 5.74) is 0.176. The molecule has 0 radical (unpaired) electrons. The van der Waals surface area contributed by atoms with E-state index in [-0.39, 0.29) is 5.57 Å². The van der Waals surface area contributed by atoms with Gasteiger partial charge in [0, 0.05) is 33.8 Å². The summed E-state index contributed by atoms with van der Waals surface area (Å²) in [6, 6.07) is 0. The summed E-state index contributed by atoms with van der Waals surface area (Å²) in [6.07, 6.45) is 0. The molecule has 5 heteroatoms. The largest absolute Gasteiger partial charge is 0.478 e. The number of hydrogen-bond donors (Lipinski definition) is 2. The smallest absolute Gasteiger partial charge is 0.330 e. The van der Waals surface area contributed by atoms with E-state index in [4.69, 9.17) is 10.5 Å². The van der Waals surface area contributed by atoms with Crippen LogP contribution in [0.3, 0.4) is 0 Å². The van der Waals surface area contributed by atoms with Gasteiger partial charge in [0.2, 0.25) is 0 Å². The monoisotopic (exact) mass is 201 g/mol. The third-order valence-electron chi connectivity index (χ3n) is 1.21. The van der Waals surface area contributed by atoms with Gasteiger partial charge in [-0.05, 0) is 6.92 Å². The predicted molar refractivity (Wildman–Crippen MR) is 57.6 cm³/mol. The highest BCUT2D eigenvalue weighted by molar-refractivity contribution is 5.84. The molecule has 0 atom stereocenters. The molecule has 14 heavy (non-hydrogen) atoms. The lowest BCUT2D eigenvalue weighted by Crippen LogP contribution is -2.34. The third-order valence-corrected chi connectivity index (χ3v) is 1.21. The van der Waals surface area contributed by atoms with E-state index in [1.165, 1.54) is 6.92 Å². The Balaban J connectivity index is 0. The molecule has 5 nitrogen and oxygen atoms in total. The molecule has 0 rings (SSSR count). The Bertz CT molecular complexity index is 200. The highest BCUT2D eigenvalue weighted by Crippen LogP contribution is 1.81. The molecular weight excluding hydrogens is 182 g/mol. The fourth-order valence-corrected chi connectivity index (χ4v) is 0.400. The SMILES string of the molecule is C=C(C)C(=O)O.CN(C)C(=N)N(C)C. The molecule has 0 aromatic heterocycles. The van der Waals surface area contributed by atoms with Crippen LogP contribution in [0, 0.1) is 5.41 Å². The Morgan fingerprint density at radius 2 is 1.43 bits per heavy atom. The number of nitrogens with one attached hydrogen (secondary N) is 1. The number of aliphatic carboxylic acids is 1. The second kappa shape index (κ2) is 6.94. The van der Waals surface area contributed by atoms with Crippen molar-refractivity contribution in [3.63, 3.8) is 0 Å². The Morgan fingerprint density at radius 1 is 1.21 bits per heavy atom. The first kappa shape index (κ1) is 15.0. The van der Waals surface area contributed by atoms with E-state index >= 15 is 0 Å². The van der Waals surface area contributed by atoms with Gasteiger partial charge in [-0.2, -0.15) is 0 Å². The summed E-state index contributed by atoms with van der Waals surface area (Å²) >= 11 is 0. The highest BCUT2D eigenvalue weighted by Gasteiger charge is 1.97. The number of nitrogens with zero attached hydrogens (tertiary/aromatic N) is 2. The average Bonchev–Trinajstić information content (AvgIpc) is 2.03. The molecule has 82 valence electrons. The molecule has 0 unspecified atom stereocenters. The molecule has 0 aromatic rings. The van der Waals surface area contributed by atoms with Crippen molar-refractivity contribution >= 4 is 11.9 Å². The highest BCUT2D eigenvalue weighted by atomic mass is 16.4. The van der Waals surface area contributed by atoms with Crippen molar-refractivity contribution in [3.8, 4) is 0 Å². The van der Waals surface area contributed by atoms with Crippen LogP contribution in [-0.2, 0) is 4.79 Å². The van der Waals surface area contributed by atoms with Crippen LogP contribution in [0.1, 0.15) is 6.92 Å². The fourth-order valence-electron chi connectivity index (χ4n) is 0.400. The molecule has 0 saturated carbocycles. The minimum absolute atomic E-state index is 0.176. The molecule has 0 spiro atoms. The second-order valence-electron chi connectivity index (χ2n) is 3.20. The Hall–Kier alpha value is -1.52. The van der Waals surface area contributed by atoms with E-state index in [1.807, 2.05) is 28.2 Å². The summed E-state index contributed by atoms with van der Waals surface area (Å²) in [7, 11) is 7.40. The fraction of sp³-hybridized carbons (Fsp3) is 0.556. The van der Waals surface area contributed by atoms with Gasteiger partial charge < -0.3 is 14.9 Å². The maximum atomic E-state index is 9.60. The molecule has 0 fully saturated rings. The Kier molecular flexibility index (Phi) is 7.42. The molecule has 0 aromatic carbocycles. The summed E-state index contributed by atoms with van der Waals surface area (Å²) < 4.78 is 0. The van der Waals surface area contributed by atoms with Gasteiger partial charge in [-0.1, -0.05) is 6.58 Å². The van der Waals surface area contributed by atoms with E-state index in [9.17, 15) is 4.79 Å². The maximum Gasteiger partial charge on any atom is 0.330 e. The minimum atomic E-state index is -0.935. The predicted octanol–water partition coefficient (Wildman–Crippen LogP) is 0.691. The van der Waals surface area contributed by atoms with Gasteiger partial charge in [0.25, 0.3) is 0 Å². The van der Waals surface area contributed by atoms with Crippen LogP contribution in [0.5, 0.6) is 0 Å². The molecule has 0 bridgehead atoms. The molecule has 0 amide bonds. The van der Waals surface area contributed by atoms with Crippen LogP contribution < -0.4 is 0 Å². The van der Waals surface area contributed by atoms with Crippen LogP contribution in [0.15, 0.2) is 12.2 Å². The number of guanidine groups is 1. The van der Waals surface area contributed by atoms with Gasteiger partial charge in [-0.3, -0.25) is 5.41 Å². The first-order valence-corrected chi connectivity index (χ1v) is 4.02. The topological polar surface area (TPSA) is 67.6 Å². The zero-order chi connectivity index (χ0) is 11.9. The standard InChI is InChI=1S/C5H13N3.C4H6O2/c1-7(2)5(6)8(3)4;1-3(2)4(5)6/h6H,1-4H3;1H2,2H3,(H,5,6). The van der Waals surface area contributed by atoms with Crippen molar-refractivity contribution in [2.45, 2.75) is 6.92 Å². The third kappa shape index (κ3) is 8.58. The molecular formula is C9H19N3O2. The van der Waals surface area contributed by atoms with Crippen LogP contribution in [-0.4, -0.2) is 55.0 Å². The Morgan fingerprint density at radius 3 is 1.43 bits per heavy atom. The van der Waals surface area contributed by atoms with Crippen molar-refractivity contribution < 1.29 is 9.90 Å². The first-order valence-electron chi connectivity index (χ1n) is 4.02. The number of rotatable bonds is 1. The van der Waals surface area contributed by atoms with Crippen LogP contribution >= 0.6 is 0 Å². The number of carbonyl (C=O) groups is 1. The molecule has 0 saturated heterocycles. The van der Waals surface area contributed by atoms with E-state index < -0.39 is 5.97 Å². The molecule has 0 heterocycles. The lowest BCUT2D eigenvalue weighted by Gasteiger charge is -2.19. The normalized spacial score (nSPS) is 8.07. The van der Waals surface area contributed by atoms with Gasteiger partial charge in [-0.15, -0.1) is 0 Å². The Labute approximate surface area is 85.1 Å². The number of hydrogen-bond acceptors (Lipinski definition) is 2. The van der Waals surface area contributed by atoms with Crippen molar-refractivity contribution in [3.05, 3.63) is 12.2 Å². The molecule has 2 N–H and O–H groups in total. The lowest BCUT2D eigenvalue weighted by molar-refractivity contribution is -0.132. The van der Waals surface area contributed by atoms with E-state index in [1.54, 1.807) is 9.80 Å². The molecule has 0 aliphatic rings. The zero-order valence-corrected chi connectivity index (χ0v) is 9.46. The van der Waals surface area contributed by atoms with Crippen molar-refractivity contribution in [1.29, 1.82) is 5.41 Å². The first-order chi connectivity index (χ1) is 6.20. The van der Waals surface area contributed by atoms with Gasteiger partial charge in [-0.25, -0.2) is 4.79 Å². The van der Waals surface area contributed by atoms with E-state index in [0.29, 0.717) is 5.96 Å². The molecule has 0 aliphatic heterocycles.